The van der Waals surface area contributed by atoms with Gasteiger partial charge in [0.25, 0.3) is 5.69 Å². The van der Waals surface area contributed by atoms with Crippen LogP contribution in [0.25, 0.3) is 0 Å². The Hall–Kier alpha value is -3.29. The lowest BCUT2D eigenvalue weighted by Gasteiger charge is -2.12. The number of benzene rings is 2. The standard InChI is InChI=1S/C17H19N3O5/c1-11-4-6-14(8-12(11)2)25-10-18-17(21)19-15-9-13(20(22)23)5-7-16(15)24-3/h4-9H,10H2,1-3H3,(H2,18,19,21). The molecule has 0 unspecified atom stereocenters. The molecule has 2 amide bonds. The van der Waals surface area contributed by atoms with Crippen LogP contribution < -0.4 is 20.1 Å². The van der Waals surface area contributed by atoms with Crippen molar-refractivity contribution in [2.75, 3.05) is 19.2 Å². The Morgan fingerprint density at radius 2 is 1.92 bits per heavy atom. The smallest absolute Gasteiger partial charge is 0.321 e. The molecule has 2 N–H and O–H groups in total. The van der Waals surface area contributed by atoms with Crippen molar-refractivity contribution in [1.29, 1.82) is 0 Å². The topological polar surface area (TPSA) is 103 Å². The number of ether oxygens (including phenoxy) is 2. The molecular formula is C17H19N3O5. The minimum atomic E-state index is -0.567. The summed E-state index contributed by atoms with van der Waals surface area (Å²) in [7, 11) is 1.41. The van der Waals surface area contributed by atoms with Crippen LogP contribution in [0, 0.1) is 24.0 Å². The Balaban J connectivity index is 1.94. The fourth-order valence-corrected chi connectivity index (χ4v) is 2.06. The highest BCUT2D eigenvalue weighted by molar-refractivity contribution is 5.91. The van der Waals surface area contributed by atoms with E-state index in [0.717, 1.165) is 11.1 Å². The highest BCUT2D eigenvalue weighted by atomic mass is 16.6. The number of methoxy groups -OCH3 is 1. The summed E-state index contributed by atoms with van der Waals surface area (Å²) in [5.41, 5.74) is 2.28. The lowest BCUT2D eigenvalue weighted by molar-refractivity contribution is -0.384. The predicted molar refractivity (Wildman–Crippen MR) is 93.2 cm³/mol. The van der Waals surface area contributed by atoms with Crippen LogP contribution in [0.15, 0.2) is 36.4 Å². The molecular weight excluding hydrogens is 326 g/mol. The largest absolute Gasteiger partial charge is 0.495 e. The number of nitrogens with zero attached hydrogens (tertiary/aromatic N) is 1. The molecule has 2 rings (SSSR count). The number of nitro groups is 1. The van der Waals surface area contributed by atoms with E-state index in [0.29, 0.717) is 11.5 Å². The summed E-state index contributed by atoms with van der Waals surface area (Å²) in [4.78, 5) is 22.2. The third-order valence-corrected chi connectivity index (χ3v) is 3.59. The summed E-state index contributed by atoms with van der Waals surface area (Å²) in [6, 6.07) is 8.98. The quantitative estimate of drug-likeness (QED) is 0.475. The molecule has 0 aliphatic carbocycles. The first kappa shape index (κ1) is 18.1. The van der Waals surface area contributed by atoms with Crippen LogP contribution in [0.4, 0.5) is 16.2 Å². The molecule has 132 valence electrons. The van der Waals surface area contributed by atoms with E-state index in [1.165, 1.54) is 25.3 Å². The maximum absolute atomic E-state index is 11.9. The van der Waals surface area contributed by atoms with Crippen molar-refractivity contribution in [1.82, 2.24) is 5.32 Å². The molecule has 2 aromatic rings. The minimum Gasteiger partial charge on any atom is -0.495 e. The number of nitro benzene ring substituents is 1. The van der Waals surface area contributed by atoms with Gasteiger partial charge in [-0.15, -0.1) is 0 Å². The zero-order chi connectivity index (χ0) is 18.4. The Labute approximate surface area is 144 Å². The first-order chi connectivity index (χ1) is 11.9. The fraction of sp³-hybridized carbons (Fsp3) is 0.235. The van der Waals surface area contributed by atoms with Gasteiger partial charge in [0.2, 0.25) is 0 Å². The molecule has 0 bridgehead atoms. The number of nitrogens with one attached hydrogen (secondary N) is 2. The van der Waals surface area contributed by atoms with Crippen molar-refractivity contribution in [2.24, 2.45) is 0 Å². The molecule has 0 saturated carbocycles. The maximum atomic E-state index is 11.9. The Morgan fingerprint density at radius 3 is 2.56 bits per heavy atom. The van der Waals surface area contributed by atoms with Crippen molar-refractivity contribution in [3.63, 3.8) is 0 Å². The number of anilines is 1. The van der Waals surface area contributed by atoms with Crippen LogP contribution in [-0.2, 0) is 0 Å². The van der Waals surface area contributed by atoms with Gasteiger partial charge in [-0.2, -0.15) is 0 Å². The van der Waals surface area contributed by atoms with E-state index >= 15 is 0 Å². The fourth-order valence-electron chi connectivity index (χ4n) is 2.06. The van der Waals surface area contributed by atoms with E-state index in [-0.39, 0.29) is 18.1 Å². The van der Waals surface area contributed by atoms with Gasteiger partial charge < -0.3 is 20.1 Å². The molecule has 0 aliphatic rings. The Morgan fingerprint density at radius 1 is 1.16 bits per heavy atom. The first-order valence-electron chi connectivity index (χ1n) is 7.48. The average molecular weight is 345 g/mol. The number of carbonyl (C=O) groups excluding carboxylic acids is 1. The zero-order valence-corrected chi connectivity index (χ0v) is 14.2. The molecule has 0 aliphatic heterocycles. The summed E-state index contributed by atoms with van der Waals surface area (Å²) in [5.74, 6) is 0.951. The summed E-state index contributed by atoms with van der Waals surface area (Å²) in [6.45, 7) is 3.92. The molecule has 0 aromatic heterocycles. The number of hydrogen-bond donors (Lipinski definition) is 2. The van der Waals surface area contributed by atoms with Gasteiger partial charge in [0.1, 0.15) is 11.5 Å². The van der Waals surface area contributed by atoms with Crippen LogP contribution in [0.3, 0.4) is 0 Å². The number of amides is 2. The molecule has 8 heteroatoms. The Kier molecular flexibility index (Phi) is 5.78. The van der Waals surface area contributed by atoms with Gasteiger partial charge in [0.05, 0.1) is 17.7 Å². The van der Waals surface area contributed by atoms with Crippen LogP contribution in [0.5, 0.6) is 11.5 Å². The summed E-state index contributed by atoms with van der Waals surface area (Å²) in [6.07, 6.45) is 0. The molecule has 0 heterocycles. The number of carbonyl (C=O) groups is 1. The summed E-state index contributed by atoms with van der Waals surface area (Å²) in [5, 5.41) is 15.9. The van der Waals surface area contributed by atoms with Crippen LogP contribution in [0.1, 0.15) is 11.1 Å². The van der Waals surface area contributed by atoms with Gasteiger partial charge in [-0.25, -0.2) is 4.79 Å². The Bertz CT molecular complexity index is 792. The lowest BCUT2D eigenvalue weighted by Crippen LogP contribution is -2.32. The van der Waals surface area contributed by atoms with E-state index < -0.39 is 11.0 Å². The summed E-state index contributed by atoms with van der Waals surface area (Å²) >= 11 is 0. The van der Waals surface area contributed by atoms with Crippen LogP contribution in [-0.4, -0.2) is 24.8 Å². The van der Waals surface area contributed by atoms with E-state index in [9.17, 15) is 14.9 Å². The molecule has 8 nitrogen and oxygen atoms in total. The van der Waals surface area contributed by atoms with E-state index in [4.69, 9.17) is 9.47 Å². The second-order valence-corrected chi connectivity index (χ2v) is 5.31. The molecule has 25 heavy (non-hydrogen) atoms. The van der Waals surface area contributed by atoms with Crippen molar-refractivity contribution < 1.29 is 19.2 Å². The summed E-state index contributed by atoms with van der Waals surface area (Å²) < 4.78 is 10.5. The third-order valence-electron chi connectivity index (χ3n) is 3.59. The number of aryl methyl sites for hydroxylation is 2. The van der Waals surface area contributed by atoms with E-state index in [1.54, 1.807) is 0 Å². The molecule has 0 spiro atoms. The van der Waals surface area contributed by atoms with Gasteiger partial charge in [-0.3, -0.25) is 10.1 Å². The lowest BCUT2D eigenvalue weighted by atomic mass is 10.1. The number of urea groups is 1. The molecule has 2 aromatic carbocycles. The predicted octanol–water partition coefficient (Wildman–Crippen LogP) is 3.38. The first-order valence-corrected chi connectivity index (χ1v) is 7.48. The van der Waals surface area contributed by atoms with Crippen LogP contribution >= 0.6 is 0 Å². The van der Waals surface area contributed by atoms with Crippen molar-refractivity contribution in [3.8, 4) is 11.5 Å². The van der Waals surface area contributed by atoms with E-state index in [2.05, 4.69) is 10.6 Å². The van der Waals surface area contributed by atoms with Crippen molar-refractivity contribution >= 4 is 17.4 Å². The van der Waals surface area contributed by atoms with Gasteiger partial charge in [0, 0.05) is 12.1 Å². The molecule has 0 fully saturated rings. The zero-order valence-electron chi connectivity index (χ0n) is 14.2. The van der Waals surface area contributed by atoms with E-state index in [1.807, 2.05) is 32.0 Å². The van der Waals surface area contributed by atoms with Gasteiger partial charge in [-0.05, 0) is 43.2 Å². The molecule has 0 saturated heterocycles. The van der Waals surface area contributed by atoms with Crippen LogP contribution in [0.2, 0.25) is 0 Å². The highest BCUT2D eigenvalue weighted by Crippen LogP contribution is 2.28. The minimum absolute atomic E-state index is 0.0500. The number of hydrogen-bond acceptors (Lipinski definition) is 5. The number of rotatable bonds is 6. The van der Waals surface area contributed by atoms with Gasteiger partial charge >= 0.3 is 6.03 Å². The second-order valence-electron chi connectivity index (χ2n) is 5.31. The van der Waals surface area contributed by atoms with Gasteiger partial charge in [-0.1, -0.05) is 6.07 Å². The average Bonchev–Trinajstić information content (AvgIpc) is 2.58. The molecule has 0 radical (unpaired) electrons. The SMILES string of the molecule is COc1ccc([N+](=O)[O-])cc1NC(=O)NCOc1ccc(C)c(C)c1. The maximum Gasteiger partial charge on any atom is 0.321 e. The van der Waals surface area contributed by atoms with Gasteiger partial charge in [0.15, 0.2) is 6.73 Å². The van der Waals surface area contributed by atoms with Crippen molar-refractivity contribution in [2.45, 2.75) is 13.8 Å². The third kappa shape index (κ3) is 4.84. The number of non-ortho nitro benzene ring substituents is 1. The monoisotopic (exact) mass is 345 g/mol. The second kappa shape index (κ2) is 8.00. The highest BCUT2D eigenvalue weighted by Gasteiger charge is 2.13. The molecule has 0 atom stereocenters. The normalized spacial score (nSPS) is 10.0. The van der Waals surface area contributed by atoms with Crippen molar-refractivity contribution in [3.05, 3.63) is 57.6 Å².